The first kappa shape index (κ1) is 11.3. The monoisotopic (exact) mass is 207 g/mol. The number of hydrogen-bond acceptors (Lipinski definition) is 5. The first-order chi connectivity index (χ1) is 7.15. The smallest absolute Gasteiger partial charge is 0.155 e. The third kappa shape index (κ3) is 3.12. The van der Waals surface area contributed by atoms with Crippen molar-refractivity contribution >= 4 is 17.3 Å². The largest absolute Gasteiger partial charge is 0.393 e. The Kier molecular flexibility index (Phi) is 3.91. The van der Waals surface area contributed by atoms with Gasteiger partial charge in [-0.1, -0.05) is 6.08 Å². The van der Waals surface area contributed by atoms with Crippen molar-refractivity contribution in [3.8, 4) is 0 Å². The molecule has 0 spiro atoms. The molecule has 0 aromatic carbocycles. The minimum absolute atomic E-state index is 0.287. The Balaban J connectivity index is 2.84. The molecule has 82 valence electrons. The lowest BCUT2D eigenvalue weighted by Crippen LogP contribution is -2.14. The van der Waals surface area contributed by atoms with Gasteiger partial charge in [0.2, 0.25) is 0 Å². The van der Waals surface area contributed by atoms with E-state index in [0.717, 1.165) is 0 Å². The fraction of sp³-hybridized carbons (Fsp3) is 0.400. The van der Waals surface area contributed by atoms with Crippen LogP contribution in [0.25, 0.3) is 0 Å². The van der Waals surface area contributed by atoms with Crippen LogP contribution in [0.4, 0.5) is 17.3 Å². The average Bonchev–Trinajstić information content (AvgIpc) is 2.19. The molecule has 0 aliphatic heterocycles. The zero-order valence-corrected chi connectivity index (χ0v) is 9.12. The molecule has 0 unspecified atom stereocenters. The topological polar surface area (TPSA) is 75.9 Å². The van der Waals surface area contributed by atoms with Crippen molar-refractivity contribution in [2.24, 2.45) is 0 Å². The number of rotatable bonds is 5. The predicted octanol–water partition coefficient (Wildman–Crippen LogP) is 1.48. The van der Waals surface area contributed by atoms with Crippen LogP contribution in [0.2, 0.25) is 0 Å². The molecular formula is C10H17N5. The molecule has 1 aromatic heterocycles. The normalized spacial score (nSPS) is 10.1. The second-order valence-electron chi connectivity index (χ2n) is 3.45. The number of anilines is 3. The van der Waals surface area contributed by atoms with Crippen LogP contribution < -0.4 is 16.4 Å². The lowest BCUT2D eigenvalue weighted by molar-refractivity contribution is 0.887. The van der Waals surface area contributed by atoms with Gasteiger partial charge in [0.15, 0.2) is 11.6 Å². The van der Waals surface area contributed by atoms with Gasteiger partial charge in [-0.2, -0.15) is 0 Å². The Morgan fingerprint density at radius 2 is 2.13 bits per heavy atom. The van der Waals surface area contributed by atoms with Crippen molar-refractivity contribution in [2.45, 2.75) is 19.9 Å². The molecule has 1 aromatic rings. The highest BCUT2D eigenvalue weighted by molar-refractivity contribution is 5.74. The molecule has 0 saturated carbocycles. The summed E-state index contributed by atoms with van der Waals surface area (Å²) in [7, 11) is 0. The molecule has 4 N–H and O–H groups in total. The molecule has 1 heterocycles. The highest BCUT2D eigenvalue weighted by atomic mass is 15.1. The Hall–Kier alpha value is -1.78. The minimum Gasteiger partial charge on any atom is -0.393 e. The molecule has 1 rings (SSSR count). The number of nitrogens with zero attached hydrogens (tertiary/aromatic N) is 2. The Labute approximate surface area is 89.8 Å². The minimum atomic E-state index is 0.287. The predicted molar refractivity (Wildman–Crippen MR) is 63.9 cm³/mol. The van der Waals surface area contributed by atoms with E-state index in [4.69, 9.17) is 5.73 Å². The fourth-order valence-electron chi connectivity index (χ4n) is 1.09. The van der Waals surface area contributed by atoms with E-state index in [1.165, 1.54) is 6.33 Å². The van der Waals surface area contributed by atoms with Crippen LogP contribution in [0.3, 0.4) is 0 Å². The molecule has 0 radical (unpaired) electrons. The van der Waals surface area contributed by atoms with Crippen LogP contribution in [0.5, 0.6) is 0 Å². The summed E-state index contributed by atoms with van der Waals surface area (Å²) in [6.45, 7) is 8.29. The molecular weight excluding hydrogens is 190 g/mol. The maximum Gasteiger partial charge on any atom is 0.155 e. The second kappa shape index (κ2) is 5.19. The molecule has 0 aliphatic rings. The molecule has 15 heavy (non-hydrogen) atoms. The Bertz CT molecular complexity index is 335. The van der Waals surface area contributed by atoms with E-state index in [9.17, 15) is 0 Å². The molecule has 0 amide bonds. The van der Waals surface area contributed by atoms with Gasteiger partial charge in [-0.15, -0.1) is 6.58 Å². The van der Waals surface area contributed by atoms with Gasteiger partial charge in [0.05, 0.1) is 0 Å². The number of nitrogens with two attached hydrogens (primary N) is 1. The van der Waals surface area contributed by atoms with Gasteiger partial charge in [0, 0.05) is 12.6 Å². The number of aromatic nitrogens is 2. The molecule has 0 atom stereocenters. The summed E-state index contributed by atoms with van der Waals surface area (Å²) < 4.78 is 0. The number of hydrogen-bond donors (Lipinski definition) is 3. The first-order valence-electron chi connectivity index (χ1n) is 4.87. The number of nitrogen functional groups attached to an aromatic ring is 1. The van der Waals surface area contributed by atoms with Gasteiger partial charge in [-0.05, 0) is 13.8 Å². The molecule has 5 heteroatoms. The van der Waals surface area contributed by atoms with E-state index in [1.54, 1.807) is 6.08 Å². The van der Waals surface area contributed by atoms with E-state index >= 15 is 0 Å². The van der Waals surface area contributed by atoms with Gasteiger partial charge in [-0.25, -0.2) is 9.97 Å². The van der Waals surface area contributed by atoms with Crippen molar-refractivity contribution in [3.63, 3.8) is 0 Å². The Morgan fingerprint density at radius 3 is 2.73 bits per heavy atom. The molecule has 5 nitrogen and oxygen atoms in total. The van der Waals surface area contributed by atoms with Gasteiger partial charge < -0.3 is 16.4 Å². The summed E-state index contributed by atoms with van der Waals surface area (Å²) in [4.78, 5) is 8.12. The van der Waals surface area contributed by atoms with Crippen LogP contribution in [0.1, 0.15) is 13.8 Å². The lowest BCUT2D eigenvalue weighted by atomic mass is 10.3. The molecule has 0 aliphatic carbocycles. The van der Waals surface area contributed by atoms with Crippen LogP contribution in [-0.4, -0.2) is 22.6 Å². The summed E-state index contributed by atoms with van der Waals surface area (Å²) in [6, 6.07) is 0.287. The quantitative estimate of drug-likeness (QED) is 0.637. The van der Waals surface area contributed by atoms with Gasteiger partial charge in [0.25, 0.3) is 0 Å². The SMILES string of the molecule is C=CCNc1ncnc(NC(C)C)c1N. The van der Waals surface area contributed by atoms with Crippen molar-refractivity contribution in [2.75, 3.05) is 22.9 Å². The third-order valence-corrected chi connectivity index (χ3v) is 1.72. The van der Waals surface area contributed by atoms with E-state index in [-0.39, 0.29) is 6.04 Å². The van der Waals surface area contributed by atoms with Crippen LogP contribution >= 0.6 is 0 Å². The van der Waals surface area contributed by atoms with Gasteiger partial charge in [-0.3, -0.25) is 0 Å². The van der Waals surface area contributed by atoms with Crippen molar-refractivity contribution in [1.29, 1.82) is 0 Å². The highest BCUT2D eigenvalue weighted by Crippen LogP contribution is 2.22. The van der Waals surface area contributed by atoms with Gasteiger partial charge in [0.1, 0.15) is 12.0 Å². The second-order valence-corrected chi connectivity index (χ2v) is 3.45. The van der Waals surface area contributed by atoms with E-state index in [2.05, 4.69) is 27.2 Å². The Morgan fingerprint density at radius 1 is 1.47 bits per heavy atom. The summed E-state index contributed by atoms with van der Waals surface area (Å²) in [5.74, 6) is 1.29. The zero-order chi connectivity index (χ0) is 11.3. The maximum atomic E-state index is 5.89. The van der Waals surface area contributed by atoms with Crippen LogP contribution in [-0.2, 0) is 0 Å². The van der Waals surface area contributed by atoms with Crippen molar-refractivity contribution in [1.82, 2.24) is 9.97 Å². The third-order valence-electron chi connectivity index (χ3n) is 1.72. The van der Waals surface area contributed by atoms with Crippen LogP contribution in [0, 0.1) is 0 Å². The van der Waals surface area contributed by atoms with Crippen molar-refractivity contribution in [3.05, 3.63) is 19.0 Å². The standard InChI is InChI=1S/C10H17N5/c1-4-5-12-9-8(11)10(14-6-13-9)15-7(2)3/h4,6-7H,1,5,11H2,2-3H3,(H2,12,13,14,15). The lowest BCUT2D eigenvalue weighted by Gasteiger charge is -2.13. The van der Waals surface area contributed by atoms with E-state index in [0.29, 0.717) is 23.9 Å². The molecule has 0 fully saturated rings. The summed E-state index contributed by atoms with van der Waals surface area (Å²) in [5, 5.41) is 6.19. The van der Waals surface area contributed by atoms with E-state index < -0.39 is 0 Å². The number of nitrogens with one attached hydrogen (secondary N) is 2. The summed E-state index contributed by atoms with van der Waals surface area (Å²) in [5.41, 5.74) is 6.42. The van der Waals surface area contributed by atoms with Crippen LogP contribution in [0.15, 0.2) is 19.0 Å². The van der Waals surface area contributed by atoms with Gasteiger partial charge >= 0.3 is 0 Å². The highest BCUT2D eigenvalue weighted by Gasteiger charge is 2.07. The summed E-state index contributed by atoms with van der Waals surface area (Å²) in [6.07, 6.45) is 3.23. The molecule has 0 saturated heterocycles. The first-order valence-corrected chi connectivity index (χ1v) is 4.87. The average molecular weight is 207 g/mol. The fourth-order valence-corrected chi connectivity index (χ4v) is 1.09. The summed E-state index contributed by atoms with van der Waals surface area (Å²) >= 11 is 0. The maximum absolute atomic E-state index is 5.89. The van der Waals surface area contributed by atoms with Crippen molar-refractivity contribution < 1.29 is 0 Å². The zero-order valence-electron chi connectivity index (χ0n) is 9.12. The molecule has 0 bridgehead atoms. The van der Waals surface area contributed by atoms with E-state index in [1.807, 2.05) is 13.8 Å².